The van der Waals surface area contributed by atoms with Gasteiger partial charge in [-0.3, -0.25) is 0 Å². The molecule has 0 radical (unpaired) electrons. The standard InChI is InChI=1S/C20H19N5O2/c1-13(2)27-18-11-14(6-9-21-18)17-7-10-25-19(24-17)16(12-23-25)15-5-4-8-22-20(15)26-3/h4-13H,1-3H3. The molecule has 4 heterocycles. The Morgan fingerprint density at radius 1 is 1.04 bits per heavy atom. The van der Waals surface area contributed by atoms with Crippen LogP contribution < -0.4 is 9.47 Å². The van der Waals surface area contributed by atoms with E-state index in [2.05, 4.69) is 15.1 Å². The van der Waals surface area contributed by atoms with Gasteiger partial charge in [-0.15, -0.1) is 0 Å². The average molecular weight is 361 g/mol. The zero-order valence-corrected chi connectivity index (χ0v) is 15.3. The second kappa shape index (κ2) is 7.03. The van der Waals surface area contributed by atoms with Crippen LogP contribution in [0.15, 0.2) is 55.1 Å². The van der Waals surface area contributed by atoms with E-state index in [1.165, 1.54) is 0 Å². The lowest BCUT2D eigenvalue weighted by Crippen LogP contribution is -2.06. The molecule has 27 heavy (non-hydrogen) atoms. The molecule has 7 nitrogen and oxygen atoms in total. The topological polar surface area (TPSA) is 74.4 Å². The lowest BCUT2D eigenvalue weighted by molar-refractivity contribution is 0.233. The minimum atomic E-state index is 0.0580. The Labute approximate surface area is 156 Å². The van der Waals surface area contributed by atoms with Crippen molar-refractivity contribution >= 4 is 5.65 Å². The zero-order chi connectivity index (χ0) is 18.8. The van der Waals surface area contributed by atoms with Crippen molar-refractivity contribution in [2.24, 2.45) is 0 Å². The molecule has 0 saturated carbocycles. The van der Waals surface area contributed by atoms with Gasteiger partial charge in [-0.25, -0.2) is 19.5 Å². The summed E-state index contributed by atoms with van der Waals surface area (Å²) in [5.74, 6) is 1.11. The third-order valence-electron chi connectivity index (χ3n) is 4.01. The first-order valence-electron chi connectivity index (χ1n) is 8.62. The molecule has 4 rings (SSSR count). The minimum Gasteiger partial charge on any atom is -0.481 e. The van der Waals surface area contributed by atoms with Gasteiger partial charge in [0.2, 0.25) is 11.8 Å². The maximum absolute atomic E-state index is 5.69. The van der Waals surface area contributed by atoms with Crippen LogP contribution in [0.25, 0.3) is 28.0 Å². The molecule has 0 aliphatic carbocycles. The quantitative estimate of drug-likeness (QED) is 0.540. The maximum Gasteiger partial charge on any atom is 0.221 e. The van der Waals surface area contributed by atoms with Crippen molar-refractivity contribution in [1.29, 1.82) is 0 Å². The zero-order valence-electron chi connectivity index (χ0n) is 15.3. The van der Waals surface area contributed by atoms with Crippen LogP contribution in [0.3, 0.4) is 0 Å². The van der Waals surface area contributed by atoms with Crippen LogP contribution in [0.5, 0.6) is 11.8 Å². The highest BCUT2D eigenvalue weighted by Gasteiger charge is 2.14. The van der Waals surface area contributed by atoms with Gasteiger partial charge in [-0.05, 0) is 38.1 Å². The molecule has 0 fully saturated rings. The van der Waals surface area contributed by atoms with Crippen molar-refractivity contribution in [3.63, 3.8) is 0 Å². The van der Waals surface area contributed by atoms with Crippen molar-refractivity contribution in [3.8, 4) is 34.1 Å². The number of nitrogens with zero attached hydrogens (tertiary/aromatic N) is 5. The van der Waals surface area contributed by atoms with E-state index in [1.807, 2.05) is 50.4 Å². The van der Waals surface area contributed by atoms with Gasteiger partial charge in [0.15, 0.2) is 5.65 Å². The predicted octanol–water partition coefficient (Wildman–Crippen LogP) is 3.65. The van der Waals surface area contributed by atoms with E-state index < -0.39 is 0 Å². The van der Waals surface area contributed by atoms with Gasteiger partial charge in [-0.2, -0.15) is 5.10 Å². The molecule has 0 bridgehead atoms. The summed E-state index contributed by atoms with van der Waals surface area (Å²) in [6, 6.07) is 9.52. The highest BCUT2D eigenvalue weighted by atomic mass is 16.5. The van der Waals surface area contributed by atoms with Gasteiger partial charge in [0.1, 0.15) is 0 Å². The molecule has 7 heteroatoms. The lowest BCUT2D eigenvalue weighted by atomic mass is 10.1. The molecule has 0 saturated heterocycles. The second-order valence-corrected chi connectivity index (χ2v) is 6.25. The van der Waals surface area contributed by atoms with E-state index in [4.69, 9.17) is 14.5 Å². The third kappa shape index (κ3) is 3.31. The maximum atomic E-state index is 5.69. The molecule has 0 spiro atoms. The van der Waals surface area contributed by atoms with Crippen LogP contribution >= 0.6 is 0 Å². The first kappa shape index (κ1) is 17.0. The van der Waals surface area contributed by atoms with Gasteiger partial charge in [0.05, 0.1) is 30.7 Å². The fraction of sp³-hybridized carbons (Fsp3) is 0.200. The molecule has 0 N–H and O–H groups in total. The summed E-state index contributed by atoms with van der Waals surface area (Å²) in [6.45, 7) is 3.94. The normalized spacial score (nSPS) is 11.1. The fourth-order valence-electron chi connectivity index (χ4n) is 2.85. The molecule has 0 aliphatic heterocycles. The summed E-state index contributed by atoms with van der Waals surface area (Å²) >= 11 is 0. The highest BCUT2D eigenvalue weighted by molar-refractivity contribution is 5.81. The molecular weight excluding hydrogens is 342 g/mol. The molecule has 0 amide bonds. The number of aromatic nitrogens is 5. The predicted molar refractivity (Wildman–Crippen MR) is 102 cm³/mol. The van der Waals surface area contributed by atoms with Gasteiger partial charge in [0.25, 0.3) is 0 Å². The van der Waals surface area contributed by atoms with Crippen molar-refractivity contribution in [2.45, 2.75) is 20.0 Å². The first-order chi connectivity index (χ1) is 13.2. The van der Waals surface area contributed by atoms with Crippen LogP contribution in [0.1, 0.15) is 13.8 Å². The van der Waals surface area contributed by atoms with Crippen molar-refractivity contribution < 1.29 is 9.47 Å². The summed E-state index contributed by atoms with van der Waals surface area (Å²) in [4.78, 5) is 13.3. The van der Waals surface area contributed by atoms with Crippen LogP contribution in [-0.4, -0.2) is 37.8 Å². The number of ether oxygens (including phenoxy) is 2. The smallest absolute Gasteiger partial charge is 0.221 e. The Balaban J connectivity index is 1.81. The molecule has 0 atom stereocenters. The van der Waals surface area contributed by atoms with Gasteiger partial charge < -0.3 is 9.47 Å². The van der Waals surface area contributed by atoms with Crippen molar-refractivity contribution in [3.05, 3.63) is 55.1 Å². The van der Waals surface area contributed by atoms with E-state index in [9.17, 15) is 0 Å². The Bertz CT molecular complexity index is 1090. The molecule has 4 aromatic heterocycles. The Kier molecular flexibility index (Phi) is 4.42. The van der Waals surface area contributed by atoms with Gasteiger partial charge in [-0.1, -0.05) is 0 Å². The molecule has 0 aromatic carbocycles. The molecular formula is C20H19N5O2. The van der Waals surface area contributed by atoms with Gasteiger partial charge >= 0.3 is 0 Å². The van der Waals surface area contributed by atoms with E-state index in [1.54, 1.807) is 30.2 Å². The number of methoxy groups -OCH3 is 1. The van der Waals surface area contributed by atoms with Crippen LogP contribution in [0.4, 0.5) is 0 Å². The number of fused-ring (bicyclic) bond motifs is 1. The SMILES string of the molecule is COc1ncccc1-c1cnn2ccc(-c3ccnc(OC(C)C)c3)nc12. The van der Waals surface area contributed by atoms with E-state index in [-0.39, 0.29) is 6.10 Å². The molecule has 0 unspecified atom stereocenters. The first-order valence-corrected chi connectivity index (χ1v) is 8.62. The number of hydrogen-bond acceptors (Lipinski definition) is 6. The minimum absolute atomic E-state index is 0.0580. The average Bonchev–Trinajstić information content (AvgIpc) is 3.10. The fourth-order valence-corrected chi connectivity index (χ4v) is 2.85. The van der Waals surface area contributed by atoms with Crippen LogP contribution in [-0.2, 0) is 0 Å². The van der Waals surface area contributed by atoms with Crippen LogP contribution in [0.2, 0.25) is 0 Å². The largest absolute Gasteiger partial charge is 0.481 e. The highest BCUT2D eigenvalue weighted by Crippen LogP contribution is 2.31. The number of rotatable bonds is 5. The summed E-state index contributed by atoms with van der Waals surface area (Å²) in [6.07, 6.45) is 7.13. The molecule has 136 valence electrons. The third-order valence-corrected chi connectivity index (χ3v) is 4.01. The Morgan fingerprint density at radius 3 is 2.74 bits per heavy atom. The summed E-state index contributed by atoms with van der Waals surface area (Å²) < 4.78 is 12.8. The lowest BCUT2D eigenvalue weighted by Gasteiger charge is -2.10. The second-order valence-electron chi connectivity index (χ2n) is 6.25. The summed E-state index contributed by atoms with van der Waals surface area (Å²) in [5.41, 5.74) is 4.16. The summed E-state index contributed by atoms with van der Waals surface area (Å²) in [5, 5.41) is 4.40. The number of pyridine rings is 2. The van der Waals surface area contributed by atoms with E-state index >= 15 is 0 Å². The van der Waals surface area contributed by atoms with Crippen molar-refractivity contribution in [2.75, 3.05) is 7.11 Å². The number of hydrogen-bond donors (Lipinski definition) is 0. The van der Waals surface area contributed by atoms with Crippen LogP contribution in [0, 0.1) is 0 Å². The Morgan fingerprint density at radius 2 is 1.93 bits per heavy atom. The van der Waals surface area contributed by atoms with E-state index in [0.29, 0.717) is 11.8 Å². The molecule has 0 aliphatic rings. The van der Waals surface area contributed by atoms with Crippen molar-refractivity contribution in [1.82, 2.24) is 24.6 Å². The molecule has 4 aromatic rings. The Hall–Kier alpha value is -3.48. The summed E-state index contributed by atoms with van der Waals surface area (Å²) in [7, 11) is 1.60. The van der Waals surface area contributed by atoms with E-state index in [0.717, 1.165) is 28.0 Å². The van der Waals surface area contributed by atoms with Gasteiger partial charge in [0, 0.05) is 35.8 Å². The monoisotopic (exact) mass is 361 g/mol.